The number of carbonyl (C=O) groups excluding carboxylic acids is 2. The molecule has 2 amide bonds. The van der Waals surface area contributed by atoms with Crippen molar-refractivity contribution in [2.75, 3.05) is 26.2 Å². The Balaban J connectivity index is 1.40. The monoisotopic (exact) mass is 488 g/mol. The van der Waals surface area contributed by atoms with Crippen LogP contribution >= 0.6 is 11.3 Å². The fraction of sp³-hybridized carbons (Fsp3) is 0.318. The summed E-state index contributed by atoms with van der Waals surface area (Å²) in [6.45, 7) is 2.37. The molecule has 11 heteroatoms. The largest absolute Gasteiger partial charge is 0.341 e. The molecule has 1 unspecified atom stereocenters. The summed E-state index contributed by atoms with van der Waals surface area (Å²) in [5.41, 5.74) is 1.15. The van der Waals surface area contributed by atoms with Crippen LogP contribution in [0.4, 0.5) is 0 Å². The highest BCUT2D eigenvalue weighted by molar-refractivity contribution is 7.89. The van der Waals surface area contributed by atoms with E-state index in [9.17, 15) is 22.8 Å². The van der Waals surface area contributed by atoms with Gasteiger partial charge in [-0.3, -0.25) is 14.4 Å². The zero-order chi connectivity index (χ0) is 23.8. The van der Waals surface area contributed by atoms with Gasteiger partial charge in [0.1, 0.15) is 6.04 Å². The van der Waals surface area contributed by atoms with Crippen molar-refractivity contribution in [1.82, 2.24) is 19.1 Å². The standard InChI is InChI=1S/C22H24N4O5S2/c1-15(23-20(27)16-6-4-3-5-7-16)21(28)25-10-12-26(13-11-25)33(30,31)17-8-9-18-19(14-17)32-22(29)24(18)2/h3-9,14-15H,10-13H2,1-2H3,(H,23,27). The number of rotatable bonds is 5. The molecule has 0 saturated carbocycles. The molecule has 174 valence electrons. The molecule has 1 aromatic heterocycles. The molecule has 0 radical (unpaired) electrons. The van der Waals surface area contributed by atoms with Gasteiger partial charge in [0.05, 0.1) is 15.1 Å². The molecule has 1 saturated heterocycles. The second kappa shape index (κ2) is 9.08. The number of nitrogens with zero attached hydrogens (tertiary/aromatic N) is 3. The van der Waals surface area contributed by atoms with Crippen molar-refractivity contribution >= 4 is 43.4 Å². The Morgan fingerprint density at radius 1 is 1.03 bits per heavy atom. The fourth-order valence-electron chi connectivity index (χ4n) is 3.78. The number of thiazole rings is 1. The van der Waals surface area contributed by atoms with Crippen molar-refractivity contribution in [3.63, 3.8) is 0 Å². The van der Waals surface area contributed by atoms with E-state index in [2.05, 4.69) is 5.32 Å². The van der Waals surface area contributed by atoms with Gasteiger partial charge in [-0.1, -0.05) is 29.5 Å². The first kappa shape index (κ1) is 23.1. The van der Waals surface area contributed by atoms with Gasteiger partial charge in [0.25, 0.3) is 5.91 Å². The van der Waals surface area contributed by atoms with Crippen molar-refractivity contribution in [2.45, 2.75) is 17.9 Å². The molecule has 9 nitrogen and oxygen atoms in total. The Labute approximate surface area is 195 Å². The zero-order valence-corrected chi connectivity index (χ0v) is 19.9. The molecule has 1 N–H and O–H groups in total. The van der Waals surface area contributed by atoms with Crippen LogP contribution in [0.1, 0.15) is 17.3 Å². The molecule has 1 fully saturated rings. The summed E-state index contributed by atoms with van der Waals surface area (Å²) >= 11 is 1.00. The maximum Gasteiger partial charge on any atom is 0.307 e. The van der Waals surface area contributed by atoms with E-state index in [1.54, 1.807) is 55.3 Å². The number of amides is 2. The predicted octanol–water partition coefficient (Wildman–Crippen LogP) is 1.25. The highest BCUT2D eigenvalue weighted by Gasteiger charge is 2.32. The maximum absolute atomic E-state index is 13.1. The van der Waals surface area contributed by atoms with E-state index in [0.29, 0.717) is 15.8 Å². The minimum Gasteiger partial charge on any atom is -0.341 e. The quantitative estimate of drug-likeness (QED) is 0.582. The molecular formula is C22H24N4O5S2. The number of hydrogen-bond acceptors (Lipinski definition) is 6. The summed E-state index contributed by atoms with van der Waals surface area (Å²) in [7, 11) is -2.11. The maximum atomic E-state index is 13.1. The lowest BCUT2D eigenvalue weighted by molar-refractivity contribution is -0.134. The Morgan fingerprint density at radius 2 is 1.70 bits per heavy atom. The summed E-state index contributed by atoms with van der Waals surface area (Å²) in [6, 6.07) is 12.6. The number of piperazine rings is 1. The fourth-order valence-corrected chi connectivity index (χ4v) is 6.22. The molecule has 3 aromatic rings. The third-order valence-electron chi connectivity index (χ3n) is 5.71. The van der Waals surface area contributed by atoms with Gasteiger partial charge < -0.3 is 14.8 Å². The van der Waals surface area contributed by atoms with Gasteiger partial charge in [-0.05, 0) is 37.3 Å². The number of sulfonamides is 1. The van der Waals surface area contributed by atoms with Crippen LogP contribution in [0.15, 0.2) is 58.2 Å². The summed E-state index contributed by atoms with van der Waals surface area (Å²) in [4.78, 5) is 38.5. The average molecular weight is 489 g/mol. The lowest BCUT2D eigenvalue weighted by Crippen LogP contribution is -2.55. The first-order valence-electron chi connectivity index (χ1n) is 10.4. The van der Waals surface area contributed by atoms with Gasteiger partial charge in [0.2, 0.25) is 15.9 Å². The van der Waals surface area contributed by atoms with E-state index >= 15 is 0 Å². The summed E-state index contributed by atoms with van der Waals surface area (Å²) in [5, 5.41) is 2.70. The van der Waals surface area contributed by atoms with Crippen LogP contribution in [0, 0.1) is 0 Å². The number of benzene rings is 2. The Hall–Kier alpha value is -3.02. The molecular weight excluding hydrogens is 464 g/mol. The van der Waals surface area contributed by atoms with Crippen molar-refractivity contribution in [3.8, 4) is 0 Å². The number of aryl methyl sites for hydroxylation is 1. The molecule has 1 atom stereocenters. The topological polar surface area (TPSA) is 109 Å². The Kier molecular flexibility index (Phi) is 6.37. The second-order valence-electron chi connectivity index (χ2n) is 7.85. The second-order valence-corrected chi connectivity index (χ2v) is 10.8. The van der Waals surface area contributed by atoms with Gasteiger partial charge >= 0.3 is 4.87 Å². The summed E-state index contributed by atoms with van der Waals surface area (Å²) in [6.07, 6.45) is 0. The van der Waals surface area contributed by atoms with Gasteiger partial charge in [-0.2, -0.15) is 4.31 Å². The SMILES string of the molecule is CC(NC(=O)c1ccccc1)C(=O)N1CCN(S(=O)(=O)c2ccc3c(c2)sc(=O)n3C)CC1. The molecule has 2 heterocycles. The van der Waals surface area contributed by atoms with Gasteiger partial charge in [-0.25, -0.2) is 8.42 Å². The van der Waals surface area contributed by atoms with Gasteiger partial charge in [-0.15, -0.1) is 0 Å². The molecule has 4 rings (SSSR count). The van der Waals surface area contributed by atoms with Crippen LogP contribution in [-0.4, -0.2) is 66.2 Å². The van der Waals surface area contributed by atoms with Crippen LogP contribution in [-0.2, 0) is 21.9 Å². The normalized spacial score (nSPS) is 16.0. The van der Waals surface area contributed by atoms with Crippen molar-refractivity contribution in [2.24, 2.45) is 7.05 Å². The van der Waals surface area contributed by atoms with E-state index in [1.165, 1.54) is 21.0 Å². The van der Waals surface area contributed by atoms with Crippen molar-refractivity contribution in [3.05, 3.63) is 63.8 Å². The van der Waals surface area contributed by atoms with Crippen LogP contribution in [0.5, 0.6) is 0 Å². The van der Waals surface area contributed by atoms with Crippen LogP contribution in [0.25, 0.3) is 10.2 Å². The van der Waals surface area contributed by atoms with Crippen LogP contribution < -0.4 is 10.2 Å². The van der Waals surface area contributed by atoms with E-state index < -0.39 is 16.1 Å². The Morgan fingerprint density at radius 3 is 2.36 bits per heavy atom. The van der Waals surface area contributed by atoms with Gasteiger partial charge in [0, 0.05) is 38.8 Å². The lowest BCUT2D eigenvalue weighted by Gasteiger charge is -2.35. The molecule has 1 aliphatic rings. The van der Waals surface area contributed by atoms with Crippen molar-refractivity contribution in [1.29, 1.82) is 0 Å². The highest BCUT2D eigenvalue weighted by atomic mass is 32.2. The molecule has 0 aliphatic carbocycles. The summed E-state index contributed by atoms with van der Waals surface area (Å²) in [5.74, 6) is -0.594. The predicted molar refractivity (Wildman–Crippen MR) is 126 cm³/mol. The first-order valence-corrected chi connectivity index (χ1v) is 12.7. The number of nitrogens with one attached hydrogen (secondary N) is 1. The third-order valence-corrected chi connectivity index (χ3v) is 8.60. The van der Waals surface area contributed by atoms with Gasteiger partial charge in [0.15, 0.2) is 0 Å². The zero-order valence-electron chi connectivity index (χ0n) is 18.2. The Bertz CT molecular complexity index is 1360. The molecule has 0 spiro atoms. The number of aromatic nitrogens is 1. The summed E-state index contributed by atoms with van der Waals surface area (Å²) < 4.78 is 29.7. The lowest BCUT2D eigenvalue weighted by atomic mass is 10.2. The molecule has 2 aromatic carbocycles. The van der Waals surface area contributed by atoms with E-state index in [1.807, 2.05) is 0 Å². The molecule has 0 bridgehead atoms. The number of carbonyl (C=O) groups is 2. The number of fused-ring (bicyclic) bond motifs is 1. The number of hydrogen-bond donors (Lipinski definition) is 1. The molecule has 1 aliphatic heterocycles. The van der Waals surface area contributed by atoms with E-state index in [0.717, 1.165) is 11.3 Å². The highest BCUT2D eigenvalue weighted by Crippen LogP contribution is 2.24. The molecule has 33 heavy (non-hydrogen) atoms. The first-order chi connectivity index (χ1) is 15.7. The van der Waals surface area contributed by atoms with Crippen LogP contribution in [0.3, 0.4) is 0 Å². The van der Waals surface area contributed by atoms with Crippen molar-refractivity contribution < 1.29 is 18.0 Å². The third kappa shape index (κ3) is 4.56. The van der Waals surface area contributed by atoms with E-state index in [4.69, 9.17) is 0 Å². The van der Waals surface area contributed by atoms with Crippen LogP contribution in [0.2, 0.25) is 0 Å². The average Bonchev–Trinajstić information content (AvgIpc) is 3.11. The minimum atomic E-state index is -3.76. The smallest absolute Gasteiger partial charge is 0.307 e. The minimum absolute atomic E-state index is 0.125. The van der Waals surface area contributed by atoms with E-state index in [-0.39, 0.29) is 47.8 Å².